The molecule has 0 amide bonds. The molecule has 0 atom stereocenters. The van der Waals surface area contributed by atoms with Crippen LogP contribution in [0.4, 0.5) is 24.7 Å². The molecule has 2 aromatic carbocycles. The van der Waals surface area contributed by atoms with E-state index in [9.17, 15) is 13.2 Å². The number of alkyl halides is 3. The lowest BCUT2D eigenvalue weighted by Gasteiger charge is -2.37. The molecule has 0 radical (unpaired) electrons. The maximum absolute atomic E-state index is 12.9. The quantitative estimate of drug-likeness (QED) is 0.392. The number of hydrogen-bond donors (Lipinski definition) is 0. The lowest BCUT2D eigenvalue weighted by molar-refractivity contribution is -0.137. The van der Waals surface area contributed by atoms with Crippen LogP contribution in [-0.4, -0.2) is 45.9 Å². The Bertz CT molecular complexity index is 1270. The molecule has 1 aliphatic rings. The standard InChI is InChI=1S/C24H20ClF3N6/c25-21-14-18(24(26,27)28)15-29-23(21)33-12-10-32(11-13-33)19-8-6-17(7-9-19)22-30-16-31-34(22)20-4-2-1-3-5-20/h1-9,14-16H,10-13H2. The SMILES string of the molecule is FC(F)(F)c1cnc(N2CCN(c3ccc(-c4ncnn4-c4ccccc4)cc3)CC2)c(Cl)c1. The first kappa shape index (κ1) is 22.2. The summed E-state index contributed by atoms with van der Waals surface area (Å²) in [6.45, 7) is 2.58. The number of anilines is 2. The van der Waals surface area contributed by atoms with Crippen molar-refractivity contribution in [2.75, 3.05) is 36.0 Å². The van der Waals surface area contributed by atoms with Crippen LogP contribution in [0.25, 0.3) is 17.1 Å². The van der Waals surface area contributed by atoms with Crippen LogP contribution in [0.3, 0.4) is 0 Å². The molecule has 3 heterocycles. The lowest BCUT2D eigenvalue weighted by atomic mass is 10.1. The maximum atomic E-state index is 12.9. The molecule has 0 N–H and O–H groups in total. The van der Waals surface area contributed by atoms with Crippen molar-refractivity contribution >= 4 is 23.1 Å². The molecule has 10 heteroatoms. The summed E-state index contributed by atoms with van der Waals surface area (Å²) in [7, 11) is 0. The minimum Gasteiger partial charge on any atom is -0.368 e. The van der Waals surface area contributed by atoms with Crippen LogP contribution in [0.2, 0.25) is 5.02 Å². The van der Waals surface area contributed by atoms with Gasteiger partial charge in [-0.2, -0.15) is 18.3 Å². The smallest absolute Gasteiger partial charge is 0.368 e. The number of nitrogens with zero attached hydrogens (tertiary/aromatic N) is 6. The van der Waals surface area contributed by atoms with Gasteiger partial charge in [0.05, 0.1) is 16.3 Å². The number of rotatable bonds is 4. The number of piperazine rings is 1. The normalized spacial score (nSPS) is 14.5. The second-order valence-corrected chi connectivity index (χ2v) is 8.29. The Kier molecular flexibility index (Phi) is 5.87. The monoisotopic (exact) mass is 484 g/mol. The Labute approximate surface area is 199 Å². The van der Waals surface area contributed by atoms with Crippen molar-refractivity contribution < 1.29 is 13.2 Å². The largest absolute Gasteiger partial charge is 0.417 e. The van der Waals surface area contributed by atoms with Crippen LogP contribution >= 0.6 is 11.6 Å². The highest BCUT2D eigenvalue weighted by Gasteiger charge is 2.32. The van der Waals surface area contributed by atoms with E-state index >= 15 is 0 Å². The molecule has 174 valence electrons. The molecule has 1 aliphatic heterocycles. The fourth-order valence-electron chi connectivity index (χ4n) is 4.01. The maximum Gasteiger partial charge on any atom is 0.417 e. The van der Waals surface area contributed by atoms with Gasteiger partial charge in [-0.3, -0.25) is 0 Å². The summed E-state index contributed by atoms with van der Waals surface area (Å²) in [5.74, 6) is 1.13. The molecule has 0 unspecified atom stereocenters. The first-order valence-electron chi connectivity index (χ1n) is 10.7. The molecule has 4 aromatic rings. The molecule has 2 aromatic heterocycles. The van der Waals surface area contributed by atoms with Gasteiger partial charge in [-0.05, 0) is 42.5 Å². The van der Waals surface area contributed by atoms with Gasteiger partial charge < -0.3 is 9.80 Å². The average Bonchev–Trinajstić information content (AvgIpc) is 3.34. The summed E-state index contributed by atoms with van der Waals surface area (Å²) in [5.41, 5.74) is 2.10. The molecule has 1 saturated heterocycles. The van der Waals surface area contributed by atoms with Gasteiger partial charge in [0.15, 0.2) is 5.82 Å². The predicted molar refractivity (Wildman–Crippen MR) is 125 cm³/mol. The highest BCUT2D eigenvalue weighted by Crippen LogP contribution is 2.34. The van der Waals surface area contributed by atoms with E-state index in [1.807, 2.05) is 59.5 Å². The average molecular weight is 485 g/mol. The second-order valence-electron chi connectivity index (χ2n) is 7.88. The molecular formula is C24H20ClF3N6. The molecular weight excluding hydrogens is 465 g/mol. The van der Waals surface area contributed by atoms with Crippen LogP contribution in [0, 0.1) is 0 Å². The fraction of sp³-hybridized carbons (Fsp3) is 0.208. The number of pyridine rings is 1. The molecule has 34 heavy (non-hydrogen) atoms. The van der Waals surface area contributed by atoms with E-state index in [4.69, 9.17) is 11.6 Å². The minimum absolute atomic E-state index is 0.00940. The summed E-state index contributed by atoms with van der Waals surface area (Å²) in [6, 6.07) is 18.9. The molecule has 0 saturated carbocycles. The van der Waals surface area contributed by atoms with Crippen molar-refractivity contribution in [3.63, 3.8) is 0 Å². The van der Waals surface area contributed by atoms with Gasteiger partial charge in [0, 0.05) is 43.6 Å². The van der Waals surface area contributed by atoms with E-state index in [0.29, 0.717) is 32.0 Å². The molecule has 1 fully saturated rings. The number of hydrogen-bond acceptors (Lipinski definition) is 5. The van der Waals surface area contributed by atoms with Gasteiger partial charge in [-0.1, -0.05) is 29.8 Å². The van der Waals surface area contributed by atoms with E-state index in [2.05, 4.69) is 20.0 Å². The first-order valence-corrected chi connectivity index (χ1v) is 11.1. The summed E-state index contributed by atoms with van der Waals surface area (Å²) in [5, 5.41) is 4.36. The zero-order valence-corrected chi connectivity index (χ0v) is 18.7. The highest BCUT2D eigenvalue weighted by atomic mass is 35.5. The molecule has 0 spiro atoms. The number of aromatic nitrogens is 4. The Morgan fingerprint density at radius 1 is 0.794 bits per heavy atom. The van der Waals surface area contributed by atoms with Crippen molar-refractivity contribution in [2.24, 2.45) is 0 Å². The first-order chi connectivity index (χ1) is 16.4. The van der Waals surface area contributed by atoms with Gasteiger partial charge in [0.2, 0.25) is 0 Å². The van der Waals surface area contributed by atoms with Gasteiger partial charge in [0.25, 0.3) is 0 Å². The van der Waals surface area contributed by atoms with Gasteiger partial charge in [-0.15, -0.1) is 0 Å². The van der Waals surface area contributed by atoms with Crippen LogP contribution in [0.1, 0.15) is 5.56 Å². The third kappa shape index (κ3) is 4.43. The van der Waals surface area contributed by atoms with Crippen molar-refractivity contribution in [3.8, 4) is 17.1 Å². The zero-order chi connectivity index (χ0) is 23.7. The van der Waals surface area contributed by atoms with Crippen molar-refractivity contribution in [1.29, 1.82) is 0 Å². The Morgan fingerprint density at radius 2 is 1.47 bits per heavy atom. The molecule has 6 nitrogen and oxygen atoms in total. The van der Waals surface area contributed by atoms with E-state index < -0.39 is 11.7 Å². The van der Waals surface area contributed by atoms with Crippen LogP contribution in [0.5, 0.6) is 0 Å². The minimum atomic E-state index is -4.46. The van der Waals surface area contributed by atoms with Crippen molar-refractivity contribution in [1.82, 2.24) is 19.7 Å². The summed E-state index contributed by atoms with van der Waals surface area (Å²) < 4.78 is 40.4. The van der Waals surface area contributed by atoms with Gasteiger partial charge >= 0.3 is 6.18 Å². The van der Waals surface area contributed by atoms with Gasteiger partial charge in [0.1, 0.15) is 12.1 Å². The zero-order valence-electron chi connectivity index (χ0n) is 18.0. The van der Waals surface area contributed by atoms with Crippen LogP contribution in [0.15, 0.2) is 73.2 Å². The fourth-order valence-corrected chi connectivity index (χ4v) is 4.30. The van der Waals surface area contributed by atoms with Gasteiger partial charge in [-0.25, -0.2) is 14.6 Å². The van der Waals surface area contributed by atoms with Crippen LogP contribution < -0.4 is 9.80 Å². The Balaban J connectivity index is 1.27. The summed E-state index contributed by atoms with van der Waals surface area (Å²) in [6.07, 6.45) is -2.09. The van der Waals surface area contributed by atoms with E-state index in [1.54, 1.807) is 4.68 Å². The predicted octanol–water partition coefficient (Wildman–Crippen LogP) is 5.33. The lowest BCUT2D eigenvalue weighted by Crippen LogP contribution is -2.47. The Hall–Kier alpha value is -3.59. The number of benzene rings is 2. The Morgan fingerprint density at radius 3 is 2.12 bits per heavy atom. The summed E-state index contributed by atoms with van der Waals surface area (Å²) in [4.78, 5) is 12.5. The third-order valence-corrected chi connectivity index (χ3v) is 6.05. The second kappa shape index (κ2) is 8.98. The topological polar surface area (TPSA) is 50.1 Å². The van der Waals surface area contributed by atoms with E-state index in [-0.39, 0.29) is 5.02 Å². The van der Waals surface area contributed by atoms with E-state index in [0.717, 1.165) is 35.0 Å². The molecule has 0 aliphatic carbocycles. The highest BCUT2D eigenvalue weighted by molar-refractivity contribution is 6.33. The number of halogens is 4. The molecule has 5 rings (SSSR count). The van der Waals surface area contributed by atoms with E-state index in [1.165, 1.54) is 6.33 Å². The molecule has 0 bridgehead atoms. The number of para-hydroxylation sites is 1. The van der Waals surface area contributed by atoms with Crippen molar-refractivity contribution in [2.45, 2.75) is 6.18 Å². The van der Waals surface area contributed by atoms with Crippen molar-refractivity contribution in [3.05, 3.63) is 83.8 Å². The third-order valence-electron chi connectivity index (χ3n) is 5.77. The summed E-state index contributed by atoms with van der Waals surface area (Å²) >= 11 is 6.11. The van der Waals surface area contributed by atoms with Crippen LogP contribution in [-0.2, 0) is 6.18 Å².